The van der Waals surface area contributed by atoms with Crippen molar-refractivity contribution in [2.24, 2.45) is 7.05 Å². The average Bonchev–Trinajstić information content (AvgIpc) is 2.85. The summed E-state index contributed by atoms with van der Waals surface area (Å²) in [5.41, 5.74) is 3.63. The maximum Gasteiger partial charge on any atom is 0.118 e. The summed E-state index contributed by atoms with van der Waals surface area (Å²) >= 11 is 0. The second-order valence-corrected chi connectivity index (χ2v) is 4.82. The predicted molar refractivity (Wildman–Crippen MR) is 81.1 cm³/mol. The number of hydrogen-bond acceptors (Lipinski definition) is 3. The first-order valence-corrected chi connectivity index (χ1v) is 7.09. The van der Waals surface area contributed by atoms with Crippen LogP contribution in [-0.2, 0) is 13.5 Å². The van der Waals surface area contributed by atoms with Crippen molar-refractivity contribution in [2.45, 2.75) is 26.3 Å². The van der Waals surface area contributed by atoms with Gasteiger partial charge in [0, 0.05) is 18.8 Å². The van der Waals surface area contributed by atoms with E-state index in [0.717, 1.165) is 24.4 Å². The molecule has 1 N–H and O–H groups in total. The maximum absolute atomic E-state index is 5.23. The molecule has 4 heteroatoms. The Balaban J connectivity index is 2.38. The smallest absolute Gasteiger partial charge is 0.118 e. The zero-order valence-corrected chi connectivity index (χ0v) is 12.7. The SMILES string of the molecule is CCNC(c1ccc(OC)cc1)c1cn(C)nc1CC. The third-order valence-corrected chi connectivity index (χ3v) is 3.44. The summed E-state index contributed by atoms with van der Waals surface area (Å²) in [6.45, 7) is 5.18. The number of benzene rings is 1. The Morgan fingerprint density at radius 2 is 1.95 bits per heavy atom. The van der Waals surface area contributed by atoms with Gasteiger partial charge in [0.2, 0.25) is 0 Å². The highest BCUT2D eigenvalue weighted by atomic mass is 16.5. The summed E-state index contributed by atoms with van der Waals surface area (Å²) < 4.78 is 7.12. The molecule has 1 atom stereocenters. The van der Waals surface area contributed by atoms with Gasteiger partial charge >= 0.3 is 0 Å². The van der Waals surface area contributed by atoms with Gasteiger partial charge in [-0.25, -0.2) is 0 Å². The summed E-state index contributed by atoms with van der Waals surface area (Å²) in [6.07, 6.45) is 3.05. The van der Waals surface area contributed by atoms with E-state index >= 15 is 0 Å². The lowest BCUT2D eigenvalue weighted by atomic mass is 9.98. The van der Waals surface area contributed by atoms with E-state index in [2.05, 4.69) is 42.6 Å². The van der Waals surface area contributed by atoms with Gasteiger partial charge in [-0.15, -0.1) is 0 Å². The van der Waals surface area contributed by atoms with Crippen molar-refractivity contribution < 1.29 is 4.74 Å². The zero-order valence-electron chi connectivity index (χ0n) is 12.7. The predicted octanol–water partition coefficient (Wildman–Crippen LogP) is 2.69. The molecule has 0 amide bonds. The van der Waals surface area contributed by atoms with Gasteiger partial charge in [0.1, 0.15) is 5.75 Å². The van der Waals surface area contributed by atoms with Crippen LogP contribution in [0.5, 0.6) is 5.75 Å². The molecule has 0 radical (unpaired) electrons. The quantitative estimate of drug-likeness (QED) is 0.879. The summed E-state index contributed by atoms with van der Waals surface area (Å²) in [5.74, 6) is 0.880. The lowest BCUT2D eigenvalue weighted by Crippen LogP contribution is -2.22. The first kappa shape index (κ1) is 14.6. The molecular formula is C16H23N3O. The number of aryl methyl sites for hydroxylation is 2. The molecule has 0 saturated heterocycles. The molecule has 0 spiro atoms. The minimum atomic E-state index is 0.176. The number of hydrogen-bond donors (Lipinski definition) is 1. The Kier molecular flexibility index (Phi) is 4.79. The van der Waals surface area contributed by atoms with Gasteiger partial charge in [0.05, 0.1) is 18.8 Å². The molecule has 0 bridgehead atoms. The van der Waals surface area contributed by atoms with Gasteiger partial charge < -0.3 is 10.1 Å². The first-order chi connectivity index (χ1) is 9.69. The average molecular weight is 273 g/mol. The van der Waals surface area contributed by atoms with E-state index in [4.69, 9.17) is 4.74 Å². The van der Waals surface area contributed by atoms with E-state index in [0.29, 0.717) is 0 Å². The third kappa shape index (κ3) is 3.02. The Bertz CT molecular complexity index is 545. The maximum atomic E-state index is 5.23. The zero-order chi connectivity index (χ0) is 14.5. The molecule has 2 rings (SSSR count). The number of nitrogens with zero attached hydrogens (tertiary/aromatic N) is 2. The minimum Gasteiger partial charge on any atom is -0.497 e. The lowest BCUT2D eigenvalue weighted by Gasteiger charge is -2.18. The standard InChI is InChI=1S/C16H23N3O/c1-5-15-14(11-19(3)18-15)16(17-6-2)12-7-9-13(20-4)10-8-12/h7-11,16-17H,5-6H2,1-4H3. The number of ether oxygens (including phenoxy) is 1. The molecule has 1 unspecified atom stereocenters. The highest BCUT2D eigenvalue weighted by Crippen LogP contribution is 2.26. The largest absolute Gasteiger partial charge is 0.497 e. The van der Waals surface area contributed by atoms with Gasteiger partial charge in [0.15, 0.2) is 0 Å². The summed E-state index contributed by atoms with van der Waals surface area (Å²) in [4.78, 5) is 0. The fraction of sp³-hybridized carbons (Fsp3) is 0.438. The van der Waals surface area contributed by atoms with Gasteiger partial charge in [-0.05, 0) is 30.7 Å². The molecule has 1 aromatic heterocycles. The number of aromatic nitrogens is 2. The van der Waals surface area contributed by atoms with Gasteiger partial charge in [-0.3, -0.25) is 4.68 Å². The van der Waals surface area contributed by atoms with E-state index in [-0.39, 0.29) is 6.04 Å². The number of methoxy groups -OCH3 is 1. The van der Waals surface area contributed by atoms with Crippen LogP contribution >= 0.6 is 0 Å². The Hall–Kier alpha value is -1.81. The van der Waals surface area contributed by atoms with E-state index in [1.165, 1.54) is 11.1 Å². The Labute approximate surface area is 120 Å². The van der Waals surface area contributed by atoms with Crippen LogP contribution < -0.4 is 10.1 Å². The fourth-order valence-electron chi connectivity index (χ4n) is 2.48. The van der Waals surface area contributed by atoms with Crippen LogP contribution in [0.25, 0.3) is 0 Å². The highest BCUT2D eigenvalue weighted by molar-refractivity contribution is 5.36. The van der Waals surface area contributed by atoms with Crippen LogP contribution in [0.1, 0.15) is 36.7 Å². The Morgan fingerprint density at radius 1 is 1.25 bits per heavy atom. The van der Waals surface area contributed by atoms with Crippen LogP contribution in [-0.4, -0.2) is 23.4 Å². The molecule has 108 valence electrons. The fourth-order valence-corrected chi connectivity index (χ4v) is 2.48. The van der Waals surface area contributed by atoms with Crippen molar-refractivity contribution in [3.63, 3.8) is 0 Å². The second-order valence-electron chi connectivity index (χ2n) is 4.82. The number of rotatable bonds is 6. The van der Waals surface area contributed by atoms with Crippen molar-refractivity contribution in [2.75, 3.05) is 13.7 Å². The van der Waals surface area contributed by atoms with Crippen molar-refractivity contribution in [3.05, 3.63) is 47.3 Å². The van der Waals surface area contributed by atoms with Crippen molar-refractivity contribution in [1.29, 1.82) is 0 Å². The molecule has 4 nitrogen and oxygen atoms in total. The van der Waals surface area contributed by atoms with E-state index in [1.54, 1.807) is 7.11 Å². The summed E-state index contributed by atoms with van der Waals surface area (Å²) in [5, 5.41) is 8.09. The van der Waals surface area contributed by atoms with E-state index < -0.39 is 0 Å². The van der Waals surface area contributed by atoms with Gasteiger partial charge in [-0.1, -0.05) is 26.0 Å². The monoisotopic (exact) mass is 273 g/mol. The first-order valence-electron chi connectivity index (χ1n) is 7.09. The summed E-state index contributed by atoms with van der Waals surface area (Å²) in [6, 6.07) is 8.40. The van der Waals surface area contributed by atoms with Crippen LogP contribution in [0.4, 0.5) is 0 Å². The molecule has 20 heavy (non-hydrogen) atoms. The molecule has 0 saturated carbocycles. The van der Waals surface area contributed by atoms with Crippen molar-refractivity contribution in [1.82, 2.24) is 15.1 Å². The molecule has 0 aliphatic carbocycles. The molecule has 1 heterocycles. The summed E-state index contributed by atoms with van der Waals surface area (Å²) in [7, 11) is 3.66. The van der Waals surface area contributed by atoms with E-state index in [9.17, 15) is 0 Å². The normalized spacial score (nSPS) is 12.4. The molecule has 0 aliphatic heterocycles. The second kappa shape index (κ2) is 6.57. The topological polar surface area (TPSA) is 39.1 Å². The lowest BCUT2D eigenvalue weighted by molar-refractivity contribution is 0.414. The van der Waals surface area contributed by atoms with Gasteiger partial charge in [-0.2, -0.15) is 5.10 Å². The highest BCUT2D eigenvalue weighted by Gasteiger charge is 2.18. The van der Waals surface area contributed by atoms with E-state index in [1.807, 2.05) is 23.9 Å². The molecular weight excluding hydrogens is 250 g/mol. The molecule has 1 aromatic carbocycles. The molecule has 0 aliphatic rings. The minimum absolute atomic E-state index is 0.176. The van der Waals surface area contributed by atoms with Crippen LogP contribution in [0, 0.1) is 0 Å². The molecule has 0 fully saturated rings. The van der Waals surface area contributed by atoms with Crippen LogP contribution in [0.15, 0.2) is 30.5 Å². The van der Waals surface area contributed by atoms with Crippen LogP contribution in [0.3, 0.4) is 0 Å². The van der Waals surface area contributed by atoms with Crippen molar-refractivity contribution in [3.8, 4) is 5.75 Å². The van der Waals surface area contributed by atoms with Crippen molar-refractivity contribution >= 4 is 0 Å². The van der Waals surface area contributed by atoms with Crippen LogP contribution in [0.2, 0.25) is 0 Å². The molecule has 2 aromatic rings. The Morgan fingerprint density at radius 3 is 2.50 bits per heavy atom. The third-order valence-electron chi connectivity index (χ3n) is 3.44. The van der Waals surface area contributed by atoms with Gasteiger partial charge in [0.25, 0.3) is 0 Å². The number of nitrogens with one attached hydrogen (secondary N) is 1.